The second kappa shape index (κ2) is 5.63. The second-order valence-electron chi connectivity index (χ2n) is 5.75. The number of nitrogens with two attached hydrogens (primary N) is 1. The average molecular weight is 281 g/mol. The minimum atomic E-state index is -3.02. The SMILES string of the molecule is CC(C)c1ccc(C(N)C2CCCCS2(=O)=O)cc1. The van der Waals surface area contributed by atoms with Gasteiger partial charge in [0.1, 0.15) is 0 Å². The maximum absolute atomic E-state index is 12.1. The summed E-state index contributed by atoms with van der Waals surface area (Å²) in [6.45, 7) is 4.28. The van der Waals surface area contributed by atoms with Gasteiger partial charge in [-0.3, -0.25) is 0 Å². The summed E-state index contributed by atoms with van der Waals surface area (Å²) >= 11 is 0. The molecule has 3 nitrogen and oxygen atoms in total. The highest BCUT2D eigenvalue weighted by molar-refractivity contribution is 7.92. The van der Waals surface area contributed by atoms with E-state index in [4.69, 9.17) is 5.73 Å². The summed E-state index contributed by atoms with van der Waals surface area (Å²) in [5, 5.41) is -0.411. The third-order valence-corrected chi connectivity index (χ3v) is 6.33. The Morgan fingerprint density at radius 1 is 1.11 bits per heavy atom. The van der Waals surface area contributed by atoms with Crippen LogP contribution >= 0.6 is 0 Å². The first-order valence-electron chi connectivity index (χ1n) is 6.99. The van der Waals surface area contributed by atoms with Crippen LogP contribution in [-0.4, -0.2) is 19.4 Å². The molecule has 0 radical (unpaired) electrons. The summed E-state index contributed by atoms with van der Waals surface area (Å²) in [4.78, 5) is 0. The molecule has 106 valence electrons. The van der Waals surface area contributed by atoms with Gasteiger partial charge in [-0.25, -0.2) is 8.42 Å². The molecule has 1 saturated heterocycles. The van der Waals surface area contributed by atoms with Crippen LogP contribution in [-0.2, 0) is 9.84 Å². The van der Waals surface area contributed by atoms with E-state index in [9.17, 15) is 8.42 Å². The molecule has 0 saturated carbocycles. The Morgan fingerprint density at radius 3 is 2.21 bits per heavy atom. The van der Waals surface area contributed by atoms with Gasteiger partial charge in [-0.15, -0.1) is 0 Å². The fourth-order valence-electron chi connectivity index (χ4n) is 2.70. The number of sulfone groups is 1. The highest BCUT2D eigenvalue weighted by Gasteiger charge is 2.34. The van der Waals surface area contributed by atoms with E-state index >= 15 is 0 Å². The zero-order valence-corrected chi connectivity index (χ0v) is 12.5. The molecule has 0 bridgehead atoms. The summed E-state index contributed by atoms with van der Waals surface area (Å²) in [5.74, 6) is 0.763. The number of hydrogen-bond acceptors (Lipinski definition) is 3. The lowest BCUT2D eigenvalue weighted by Gasteiger charge is -2.28. The lowest BCUT2D eigenvalue weighted by molar-refractivity contribution is 0.504. The Bertz CT molecular complexity index is 520. The minimum absolute atomic E-state index is 0.287. The molecule has 1 aromatic carbocycles. The van der Waals surface area contributed by atoms with Crippen molar-refractivity contribution >= 4 is 9.84 Å². The summed E-state index contributed by atoms with van der Waals surface area (Å²) in [6.07, 6.45) is 2.43. The van der Waals surface area contributed by atoms with E-state index in [2.05, 4.69) is 26.0 Å². The Balaban J connectivity index is 2.21. The molecule has 0 aromatic heterocycles. The lowest BCUT2D eigenvalue weighted by Crippen LogP contribution is -2.37. The number of rotatable bonds is 3. The largest absolute Gasteiger partial charge is 0.323 e. The monoisotopic (exact) mass is 281 g/mol. The normalized spacial score (nSPS) is 24.3. The fraction of sp³-hybridized carbons (Fsp3) is 0.600. The van der Waals surface area contributed by atoms with E-state index in [-0.39, 0.29) is 5.75 Å². The van der Waals surface area contributed by atoms with Gasteiger partial charge in [0.25, 0.3) is 0 Å². The standard InChI is InChI=1S/C15H23NO2S/c1-11(2)12-6-8-13(9-7-12)15(16)14-5-3-4-10-19(14,17)18/h6-9,11,14-15H,3-5,10,16H2,1-2H3. The van der Waals surface area contributed by atoms with Crippen molar-refractivity contribution in [2.45, 2.75) is 50.3 Å². The van der Waals surface area contributed by atoms with Crippen LogP contribution in [0.3, 0.4) is 0 Å². The smallest absolute Gasteiger partial charge is 0.155 e. The molecule has 0 spiro atoms. The van der Waals surface area contributed by atoms with E-state index < -0.39 is 21.1 Å². The van der Waals surface area contributed by atoms with Crippen LogP contribution in [0.25, 0.3) is 0 Å². The summed E-state index contributed by atoms with van der Waals surface area (Å²) in [5.41, 5.74) is 8.38. The highest BCUT2D eigenvalue weighted by atomic mass is 32.2. The highest BCUT2D eigenvalue weighted by Crippen LogP contribution is 2.29. The Morgan fingerprint density at radius 2 is 1.68 bits per heavy atom. The summed E-state index contributed by atoms with van der Waals surface area (Å²) in [7, 11) is -3.02. The van der Waals surface area contributed by atoms with Crippen LogP contribution in [0.5, 0.6) is 0 Å². The molecule has 0 aliphatic carbocycles. The molecule has 2 atom stereocenters. The molecule has 4 heteroatoms. The molecular weight excluding hydrogens is 258 g/mol. The molecule has 2 N–H and O–H groups in total. The third kappa shape index (κ3) is 3.18. The molecule has 1 heterocycles. The van der Waals surface area contributed by atoms with Gasteiger partial charge < -0.3 is 5.73 Å². The van der Waals surface area contributed by atoms with Gasteiger partial charge in [0.15, 0.2) is 9.84 Å². The van der Waals surface area contributed by atoms with E-state index in [1.807, 2.05) is 12.1 Å². The molecule has 2 unspecified atom stereocenters. The first-order valence-corrected chi connectivity index (χ1v) is 8.70. The molecular formula is C15H23NO2S. The molecule has 1 aliphatic heterocycles. The first-order chi connectivity index (χ1) is 8.92. The Labute approximate surface area is 116 Å². The van der Waals surface area contributed by atoms with Crippen molar-refractivity contribution in [3.63, 3.8) is 0 Å². The van der Waals surface area contributed by atoms with Gasteiger partial charge in [0.05, 0.1) is 11.0 Å². The predicted molar refractivity (Wildman–Crippen MR) is 78.9 cm³/mol. The number of hydrogen-bond donors (Lipinski definition) is 1. The van der Waals surface area contributed by atoms with Crippen molar-refractivity contribution in [2.75, 3.05) is 5.75 Å². The van der Waals surface area contributed by atoms with Crippen LogP contribution in [0.1, 0.15) is 56.2 Å². The van der Waals surface area contributed by atoms with E-state index in [1.54, 1.807) is 0 Å². The molecule has 1 aliphatic rings. The van der Waals surface area contributed by atoms with Crippen molar-refractivity contribution in [1.82, 2.24) is 0 Å². The van der Waals surface area contributed by atoms with Crippen molar-refractivity contribution in [1.29, 1.82) is 0 Å². The van der Waals surface area contributed by atoms with Gasteiger partial charge in [-0.1, -0.05) is 44.5 Å². The van der Waals surface area contributed by atoms with Crippen molar-refractivity contribution in [3.05, 3.63) is 35.4 Å². The van der Waals surface area contributed by atoms with Gasteiger partial charge >= 0.3 is 0 Å². The van der Waals surface area contributed by atoms with Crippen LogP contribution in [0.15, 0.2) is 24.3 Å². The summed E-state index contributed by atoms with van der Waals surface area (Å²) < 4.78 is 24.2. The Kier molecular flexibility index (Phi) is 4.31. The maximum Gasteiger partial charge on any atom is 0.155 e. The van der Waals surface area contributed by atoms with Crippen LogP contribution in [0.2, 0.25) is 0 Å². The van der Waals surface area contributed by atoms with Gasteiger partial charge in [-0.05, 0) is 29.9 Å². The third-order valence-electron chi connectivity index (χ3n) is 4.02. The topological polar surface area (TPSA) is 60.2 Å². The van der Waals surface area contributed by atoms with Crippen molar-refractivity contribution in [2.24, 2.45) is 5.73 Å². The first kappa shape index (κ1) is 14.5. The van der Waals surface area contributed by atoms with E-state index in [0.29, 0.717) is 12.3 Å². The van der Waals surface area contributed by atoms with E-state index in [1.165, 1.54) is 5.56 Å². The van der Waals surface area contributed by atoms with Crippen LogP contribution in [0.4, 0.5) is 0 Å². The maximum atomic E-state index is 12.1. The average Bonchev–Trinajstić information content (AvgIpc) is 2.37. The molecule has 1 fully saturated rings. The van der Waals surface area contributed by atoms with Gasteiger partial charge in [-0.2, -0.15) is 0 Å². The number of benzene rings is 1. The Hall–Kier alpha value is -0.870. The van der Waals surface area contributed by atoms with Gasteiger partial charge in [0.2, 0.25) is 0 Å². The molecule has 0 amide bonds. The van der Waals surface area contributed by atoms with E-state index in [0.717, 1.165) is 18.4 Å². The van der Waals surface area contributed by atoms with Crippen molar-refractivity contribution in [3.8, 4) is 0 Å². The predicted octanol–water partition coefficient (Wildman–Crippen LogP) is 2.78. The quantitative estimate of drug-likeness (QED) is 0.926. The second-order valence-corrected chi connectivity index (χ2v) is 8.09. The zero-order chi connectivity index (χ0) is 14.0. The molecule has 2 rings (SSSR count). The molecule has 19 heavy (non-hydrogen) atoms. The van der Waals surface area contributed by atoms with Crippen molar-refractivity contribution < 1.29 is 8.42 Å². The zero-order valence-electron chi connectivity index (χ0n) is 11.7. The minimum Gasteiger partial charge on any atom is -0.323 e. The van der Waals surface area contributed by atoms with Crippen LogP contribution < -0.4 is 5.73 Å². The summed E-state index contributed by atoms with van der Waals surface area (Å²) in [6, 6.07) is 7.66. The lowest BCUT2D eigenvalue weighted by atomic mass is 9.96. The fourth-order valence-corrected chi connectivity index (χ4v) is 4.74. The van der Waals surface area contributed by atoms with Crippen LogP contribution in [0, 0.1) is 0 Å². The molecule has 1 aromatic rings. The van der Waals surface area contributed by atoms with Gasteiger partial charge in [0, 0.05) is 6.04 Å².